The molecule has 3 N–H and O–H groups in total. The SMILES string of the molecule is CCN1[C@@H](C(C)=O)C[C@@H](CO)[C@@H]1C(O)CO.[Ac]. The number of likely N-dealkylation sites (N-methyl/N-ethyl adjacent to an activating group) is 1. The molecule has 0 bridgehead atoms. The summed E-state index contributed by atoms with van der Waals surface area (Å²) < 4.78 is 0. The Morgan fingerprint density at radius 2 is 2.06 bits per heavy atom. The number of Topliss-reactive ketones (excluding diaryl/α,β-unsaturated/α-hetero) is 1. The van der Waals surface area contributed by atoms with E-state index in [1.165, 1.54) is 6.92 Å². The zero-order valence-corrected chi connectivity index (χ0v) is 15.2. The molecule has 1 aliphatic rings. The van der Waals surface area contributed by atoms with Gasteiger partial charge in [0.15, 0.2) is 0 Å². The van der Waals surface area contributed by atoms with Crippen molar-refractivity contribution in [3.05, 3.63) is 0 Å². The van der Waals surface area contributed by atoms with Gasteiger partial charge in [-0.05, 0) is 19.9 Å². The summed E-state index contributed by atoms with van der Waals surface area (Å²) in [7, 11) is 0. The number of carbonyl (C=O) groups is 1. The summed E-state index contributed by atoms with van der Waals surface area (Å²) in [4.78, 5) is 13.3. The summed E-state index contributed by atoms with van der Waals surface area (Å²) in [6.07, 6.45) is -0.344. The first-order valence-electron chi connectivity index (χ1n) is 5.72. The Kier molecular flexibility index (Phi) is 8.65. The molecule has 4 atom stereocenters. The van der Waals surface area contributed by atoms with Gasteiger partial charge in [0.1, 0.15) is 5.78 Å². The Morgan fingerprint density at radius 3 is 2.41 bits per heavy atom. The Hall–Kier alpha value is 0.952. The van der Waals surface area contributed by atoms with Gasteiger partial charge in [0.05, 0.1) is 18.8 Å². The Balaban J connectivity index is 0.00000256. The summed E-state index contributed by atoms with van der Waals surface area (Å²) in [6, 6.07) is -0.567. The van der Waals surface area contributed by atoms with Crippen molar-refractivity contribution in [1.82, 2.24) is 4.90 Å². The molecule has 0 amide bonds. The minimum atomic E-state index is -0.901. The van der Waals surface area contributed by atoms with Gasteiger partial charge in [0, 0.05) is 62.6 Å². The van der Waals surface area contributed by atoms with Crippen LogP contribution in [0.1, 0.15) is 20.3 Å². The van der Waals surface area contributed by atoms with Gasteiger partial charge in [-0.3, -0.25) is 9.69 Å². The molecule has 6 heteroatoms. The minimum absolute atomic E-state index is 0. The average Bonchev–Trinajstić information content (AvgIpc) is 2.66. The van der Waals surface area contributed by atoms with E-state index in [2.05, 4.69) is 0 Å². The molecule has 97 valence electrons. The number of likely N-dealkylation sites (tertiary alicyclic amines) is 1. The molecule has 0 aromatic rings. The third kappa shape index (κ3) is 3.96. The smallest absolute Gasteiger partial charge is 0.146 e. The predicted octanol–water partition coefficient (Wildman–Crippen LogP) is -1.00. The number of rotatable bonds is 5. The van der Waals surface area contributed by atoms with Crippen LogP contribution in [-0.4, -0.2) is 63.9 Å². The Bertz CT molecular complexity index is 252. The molecule has 1 unspecified atom stereocenters. The zero-order valence-electron chi connectivity index (χ0n) is 10.4. The molecular formula is C11H21AcNO4. The monoisotopic (exact) mass is 458 g/mol. The molecule has 0 aromatic heterocycles. The molecule has 0 aromatic carbocycles. The molecule has 0 saturated carbocycles. The quantitative estimate of drug-likeness (QED) is 0.493. The van der Waals surface area contributed by atoms with E-state index < -0.39 is 6.10 Å². The van der Waals surface area contributed by atoms with Crippen LogP contribution in [-0.2, 0) is 4.79 Å². The molecule has 1 fully saturated rings. The van der Waals surface area contributed by atoms with Gasteiger partial charge in [-0.1, -0.05) is 6.92 Å². The molecule has 1 rings (SSSR count). The fourth-order valence-corrected chi connectivity index (χ4v) is 2.70. The summed E-state index contributed by atoms with van der Waals surface area (Å²) in [6.45, 7) is 3.65. The van der Waals surface area contributed by atoms with Gasteiger partial charge in [-0.15, -0.1) is 0 Å². The second-order valence-electron chi connectivity index (χ2n) is 4.38. The van der Waals surface area contributed by atoms with Crippen LogP contribution in [0.15, 0.2) is 0 Å². The summed E-state index contributed by atoms with van der Waals surface area (Å²) in [5.74, 6) is -0.0936. The number of aliphatic hydroxyl groups excluding tert-OH is 3. The van der Waals surface area contributed by atoms with Crippen LogP contribution in [0.25, 0.3) is 0 Å². The molecule has 1 heterocycles. The molecule has 17 heavy (non-hydrogen) atoms. The van der Waals surface area contributed by atoms with Gasteiger partial charge in [-0.2, -0.15) is 0 Å². The molecule has 5 nitrogen and oxygen atoms in total. The van der Waals surface area contributed by atoms with E-state index in [4.69, 9.17) is 5.11 Å². The van der Waals surface area contributed by atoms with Crippen molar-refractivity contribution in [1.29, 1.82) is 0 Å². The second kappa shape index (κ2) is 8.19. The van der Waals surface area contributed by atoms with Crippen LogP contribution < -0.4 is 0 Å². The van der Waals surface area contributed by atoms with Crippen molar-refractivity contribution < 1.29 is 64.2 Å². The Morgan fingerprint density at radius 1 is 1.47 bits per heavy atom. The topological polar surface area (TPSA) is 81.0 Å². The van der Waals surface area contributed by atoms with Crippen molar-refractivity contribution in [2.75, 3.05) is 19.8 Å². The van der Waals surface area contributed by atoms with Crippen LogP contribution in [0.2, 0.25) is 0 Å². The summed E-state index contributed by atoms with van der Waals surface area (Å²) in [5, 5.41) is 28.0. The molecule has 0 aliphatic carbocycles. The first kappa shape index (κ1) is 18.0. The van der Waals surface area contributed by atoms with E-state index in [0.29, 0.717) is 13.0 Å². The van der Waals surface area contributed by atoms with E-state index in [-0.39, 0.29) is 81.1 Å². The average molecular weight is 458 g/mol. The third-order valence-electron chi connectivity index (χ3n) is 3.44. The first-order valence-corrected chi connectivity index (χ1v) is 5.72. The maximum absolute atomic E-state index is 11.5. The van der Waals surface area contributed by atoms with Crippen LogP contribution in [0, 0.1) is 50.0 Å². The van der Waals surface area contributed by atoms with E-state index in [9.17, 15) is 15.0 Å². The van der Waals surface area contributed by atoms with Crippen LogP contribution in [0.5, 0.6) is 0 Å². The van der Waals surface area contributed by atoms with Crippen LogP contribution in [0.3, 0.4) is 0 Å². The van der Waals surface area contributed by atoms with E-state index in [1.54, 1.807) is 0 Å². The van der Waals surface area contributed by atoms with Crippen LogP contribution >= 0.6 is 0 Å². The molecule has 1 saturated heterocycles. The van der Waals surface area contributed by atoms with E-state index >= 15 is 0 Å². The fourth-order valence-electron chi connectivity index (χ4n) is 2.70. The number of hydrogen-bond acceptors (Lipinski definition) is 5. The normalized spacial score (nSPS) is 31.0. The Labute approximate surface area is 138 Å². The van der Waals surface area contributed by atoms with Gasteiger partial charge in [-0.25, -0.2) is 0 Å². The number of hydrogen-bond donors (Lipinski definition) is 3. The van der Waals surface area contributed by atoms with E-state index in [0.717, 1.165) is 0 Å². The summed E-state index contributed by atoms with van der Waals surface area (Å²) in [5.41, 5.74) is 0. The molecule has 0 spiro atoms. The molecular weight excluding hydrogens is 437 g/mol. The predicted molar refractivity (Wildman–Crippen MR) is 58.9 cm³/mol. The van der Waals surface area contributed by atoms with E-state index in [1.807, 2.05) is 11.8 Å². The zero-order chi connectivity index (χ0) is 12.3. The van der Waals surface area contributed by atoms with Crippen molar-refractivity contribution in [3.8, 4) is 0 Å². The van der Waals surface area contributed by atoms with Gasteiger partial charge < -0.3 is 15.3 Å². The van der Waals surface area contributed by atoms with Crippen molar-refractivity contribution in [2.45, 2.75) is 38.5 Å². The number of nitrogens with zero attached hydrogens (tertiary/aromatic N) is 1. The van der Waals surface area contributed by atoms with Gasteiger partial charge in [0.25, 0.3) is 0 Å². The van der Waals surface area contributed by atoms with Gasteiger partial charge >= 0.3 is 0 Å². The van der Waals surface area contributed by atoms with Crippen molar-refractivity contribution in [3.63, 3.8) is 0 Å². The standard InChI is InChI=1S/C11H21NO4.Ac/c1-3-12-9(7(2)15)4-8(5-13)11(12)10(16)6-14;/h8-11,13-14,16H,3-6H2,1-2H3;/t8-,9+,10?,11+;/m0./s1. The minimum Gasteiger partial charge on any atom is -0.396 e. The van der Waals surface area contributed by atoms with Crippen LogP contribution in [0.4, 0.5) is 0 Å². The molecule has 1 aliphatic heterocycles. The van der Waals surface area contributed by atoms with Crippen molar-refractivity contribution in [2.24, 2.45) is 5.92 Å². The number of aliphatic hydroxyl groups is 3. The number of carbonyl (C=O) groups excluding carboxylic acids is 1. The second-order valence-corrected chi connectivity index (χ2v) is 4.38. The third-order valence-corrected chi connectivity index (χ3v) is 3.44. The maximum Gasteiger partial charge on any atom is 0.146 e. The molecule has 1 radical (unpaired) electrons. The summed E-state index contributed by atoms with van der Waals surface area (Å²) >= 11 is 0. The number of ketones is 1. The largest absolute Gasteiger partial charge is 0.396 e. The fraction of sp³-hybridized carbons (Fsp3) is 0.909. The van der Waals surface area contributed by atoms with Gasteiger partial charge in [0.2, 0.25) is 0 Å². The maximum atomic E-state index is 11.5. The first-order chi connectivity index (χ1) is 7.56. The van der Waals surface area contributed by atoms with Crippen molar-refractivity contribution >= 4 is 5.78 Å².